The number of benzene rings is 2. The maximum Gasteiger partial charge on any atom is 0.275 e. The number of anilines is 2. The molecule has 1 unspecified atom stereocenters. The molecular formula is C16H13N3O3. The molecule has 2 aliphatic heterocycles. The third-order valence-electron chi connectivity index (χ3n) is 4.01. The smallest absolute Gasteiger partial charge is 0.275 e. The SMILES string of the molecule is COc1ccc2c(c1)NC(=O)C21NC(=O)c2ccccc2N1. The lowest BCUT2D eigenvalue weighted by molar-refractivity contribution is -0.120. The fraction of sp³-hybridized carbons (Fsp3) is 0.125. The van der Waals surface area contributed by atoms with Crippen LogP contribution in [-0.4, -0.2) is 18.9 Å². The van der Waals surface area contributed by atoms with Crippen molar-refractivity contribution in [3.63, 3.8) is 0 Å². The first-order chi connectivity index (χ1) is 10.6. The molecule has 4 rings (SSSR count). The number of carbonyl (C=O) groups is 2. The highest BCUT2D eigenvalue weighted by Crippen LogP contribution is 2.41. The van der Waals surface area contributed by atoms with Gasteiger partial charge in [-0.25, -0.2) is 0 Å². The number of nitrogens with one attached hydrogen (secondary N) is 3. The number of hydrogen-bond donors (Lipinski definition) is 3. The van der Waals surface area contributed by atoms with E-state index in [0.717, 1.165) is 0 Å². The van der Waals surface area contributed by atoms with Crippen LogP contribution in [0.2, 0.25) is 0 Å². The number of methoxy groups -OCH3 is 1. The number of amides is 2. The summed E-state index contributed by atoms with van der Waals surface area (Å²) < 4.78 is 5.17. The van der Waals surface area contributed by atoms with Crippen molar-refractivity contribution < 1.29 is 14.3 Å². The van der Waals surface area contributed by atoms with E-state index < -0.39 is 5.66 Å². The van der Waals surface area contributed by atoms with E-state index >= 15 is 0 Å². The zero-order valence-electron chi connectivity index (χ0n) is 11.8. The van der Waals surface area contributed by atoms with Gasteiger partial charge in [0.05, 0.1) is 18.4 Å². The zero-order chi connectivity index (χ0) is 15.3. The van der Waals surface area contributed by atoms with Gasteiger partial charge in [-0.1, -0.05) is 12.1 Å². The fourth-order valence-electron chi connectivity index (χ4n) is 2.93. The Bertz CT molecular complexity index is 818. The lowest BCUT2D eigenvalue weighted by atomic mass is 9.95. The molecule has 0 bridgehead atoms. The van der Waals surface area contributed by atoms with Gasteiger partial charge in [-0.15, -0.1) is 0 Å². The lowest BCUT2D eigenvalue weighted by Crippen LogP contribution is -2.59. The summed E-state index contributed by atoms with van der Waals surface area (Å²) in [6, 6.07) is 12.4. The average molecular weight is 295 g/mol. The van der Waals surface area contributed by atoms with Gasteiger partial charge in [0.1, 0.15) is 5.75 Å². The minimum absolute atomic E-state index is 0.284. The van der Waals surface area contributed by atoms with Gasteiger partial charge in [0, 0.05) is 17.3 Å². The Kier molecular flexibility index (Phi) is 2.45. The summed E-state index contributed by atoms with van der Waals surface area (Å²) in [5.74, 6) is 0.0328. The Morgan fingerprint density at radius 2 is 1.82 bits per heavy atom. The van der Waals surface area contributed by atoms with Crippen molar-refractivity contribution in [1.82, 2.24) is 5.32 Å². The quantitative estimate of drug-likeness (QED) is 0.747. The van der Waals surface area contributed by atoms with Crippen LogP contribution in [0.5, 0.6) is 5.75 Å². The van der Waals surface area contributed by atoms with E-state index in [-0.39, 0.29) is 11.8 Å². The molecule has 2 heterocycles. The maximum atomic E-state index is 12.5. The predicted molar refractivity (Wildman–Crippen MR) is 80.8 cm³/mol. The minimum Gasteiger partial charge on any atom is -0.497 e. The van der Waals surface area contributed by atoms with Crippen molar-refractivity contribution >= 4 is 23.2 Å². The summed E-state index contributed by atoms with van der Waals surface area (Å²) in [5.41, 5.74) is 1.15. The number of ether oxygens (including phenoxy) is 1. The molecule has 0 fully saturated rings. The lowest BCUT2D eigenvalue weighted by Gasteiger charge is -2.35. The predicted octanol–water partition coefficient (Wildman–Crippen LogP) is 1.66. The van der Waals surface area contributed by atoms with Crippen LogP contribution in [-0.2, 0) is 10.5 Å². The summed E-state index contributed by atoms with van der Waals surface area (Å²) in [5, 5.41) is 8.74. The highest BCUT2D eigenvalue weighted by atomic mass is 16.5. The first-order valence-electron chi connectivity index (χ1n) is 6.84. The minimum atomic E-state index is -1.28. The van der Waals surface area contributed by atoms with Crippen molar-refractivity contribution in [3.05, 3.63) is 53.6 Å². The summed E-state index contributed by atoms with van der Waals surface area (Å²) in [6.45, 7) is 0. The van der Waals surface area contributed by atoms with Crippen LogP contribution in [0.15, 0.2) is 42.5 Å². The normalized spacial score (nSPS) is 21.5. The molecule has 0 radical (unpaired) electrons. The second-order valence-electron chi connectivity index (χ2n) is 5.24. The van der Waals surface area contributed by atoms with Crippen LogP contribution in [0.3, 0.4) is 0 Å². The van der Waals surface area contributed by atoms with Crippen LogP contribution in [0.1, 0.15) is 15.9 Å². The second kappa shape index (κ2) is 4.24. The zero-order valence-corrected chi connectivity index (χ0v) is 11.8. The Balaban J connectivity index is 1.87. The molecule has 6 nitrogen and oxygen atoms in total. The van der Waals surface area contributed by atoms with Gasteiger partial charge in [-0.3, -0.25) is 9.59 Å². The third kappa shape index (κ3) is 1.54. The Morgan fingerprint density at radius 3 is 2.64 bits per heavy atom. The van der Waals surface area contributed by atoms with E-state index in [1.54, 1.807) is 43.5 Å². The molecule has 2 aromatic carbocycles. The molecule has 2 aromatic rings. The summed E-state index contributed by atoms with van der Waals surface area (Å²) in [4.78, 5) is 24.9. The Labute approximate surface area is 126 Å². The second-order valence-corrected chi connectivity index (χ2v) is 5.24. The van der Waals surface area contributed by atoms with Crippen molar-refractivity contribution in [2.45, 2.75) is 5.66 Å². The van der Waals surface area contributed by atoms with Crippen LogP contribution in [0.25, 0.3) is 0 Å². The van der Waals surface area contributed by atoms with Crippen molar-refractivity contribution in [2.75, 3.05) is 17.7 Å². The van der Waals surface area contributed by atoms with E-state index in [2.05, 4.69) is 16.0 Å². The molecule has 2 aliphatic rings. The molecule has 6 heteroatoms. The summed E-state index contributed by atoms with van der Waals surface area (Å²) in [6.07, 6.45) is 0. The molecule has 2 amide bonds. The average Bonchev–Trinajstić information content (AvgIpc) is 2.78. The standard InChI is InChI=1S/C16H13N3O3/c1-22-9-6-7-11-13(8-9)17-15(21)16(11)18-12-5-3-2-4-10(12)14(20)19-16/h2-8,18H,1H3,(H,17,21)(H,19,20). The largest absolute Gasteiger partial charge is 0.497 e. The van der Waals surface area contributed by atoms with E-state index in [9.17, 15) is 9.59 Å². The van der Waals surface area contributed by atoms with Crippen LogP contribution in [0, 0.1) is 0 Å². The monoisotopic (exact) mass is 295 g/mol. The van der Waals surface area contributed by atoms with Gasteiger partial charge in [0.15, 0.2) is 0 Å². The molecule has 0 saturated heterocycles. The van der Waals surface area contributed by atoms with Crippen LogP contribution >= 0.6 is 0 Å². The molecule has 3 N–H and O–H groups in total. The van der Waals surface area contributed by atoms with Gasteiger partial charge < -0.3 is 20.7 Å². The van der Waals surface area contributed by atoms with Crippen molar-refractivity contribution in [1.29, 1.82) is 0 Å². The third-order valence-corrected chi connectivity index (χ3v) is 4.01. The maximum absolute atomic E-state index is 12.5. The van der Waals surface area contributed by atoms with E-state index in [0.29, 0.717) is 28.3 Å². The first-order valence-corrected chi connectivity index (χ1v) is 6.84. The van der Waals surface area contributed by atoms with E-state index in [4.69, 9.17) is 4.74 Å². The molecule has 110 valence electrons. The Hall–Kier alpha value is -3.02. The fourth-order valence-corrected chi connectivity index (χ4v) is 2.93. The molecule has 0 saturated carbocycles. The van der Waals surface area contributed by atoms with E-state index in [1.165, 1.54) is 0 Å². The molecule has 0 aliphatic carbocycles. The van der Waals surface area contributed by atoms with Gasteiger partial charge in [0.25, 0.3) is 11.8 Å². The summed E-state index contributed by atoms with van der Waals surface area (Å²) in [7, 11) is 1.56. The first kappa shape index (κ1) is 12.7. The van der Waals surface area contributed by atoms with E-state index in [1.807, 2.05) is 6.07 Å². The molecule has 22 heavy (non-hydrogen) atoms. The molecular weight excluding hydrogens is 282 g/mol. The van der Waals surface area contributed by atoms with Crippen molar-refractivity contribution in [2.24, 2.45) is 0 Å². The van der Waals surface area contributed by atoms with Gasteiger partial charge in [-0.05, 0) is 24.3 Å². The van der Waals surface area contributed by atoms with Gasteiger partial charge in [-0.2, -0.15) is 0 Å². The highest BCUT2D eigenvalue weighted by molar-refractivity contribution is 6.14. The number of para-hydroxylation sites is 1. The van der Waals surface area contributed by atoms with Gasteiger partial charge >= 0.3 is 0 Å². The van der Waals surface area contributed by atoms with Crippen LogP contribution in [0.4, 0.5) is 11.4 Å². The van der Waals surface area contributed by atoms with Gasteiger partial charge in [0.2, 0.25) is 5.66 Å². The number of carbonyl (C=O) groups excluding carboxylic acids is 2. The topological polar surface area (TPSA) is 79.5 Å². The highest BCUT2D eigenvalue weighted by Gasteiger charge is 2.51. The molecule has 1 atom stereocenters. The number of rotatable bonds is 1. The number of fused-ring (bicyclic) bond motifs is 3. The van der Waals surface area contributed by atoms with Crippen molar-refractivity contribution in [3.8, 4) is 5.75 Å². The number of hydrogen-bond acceptors (Lipinski definition) is 4. The van der Waals surface area contributed by atoms with Crippen LogP contribution < -0.4 is 20.7 Å². The Morgan fingerprint density at radius 1 is 1.00 bits per heavy atom. The molecule has 0 aromatic heterocycles. The summed E-state index contributed by atoms with van der Waals surface area (Å²) >= 11 is 0. The molecule has 1 spiro atoms.